The van der Waals surface area contributed by atoms with Crippen molar-refractivity contribution in [2.45, 2.75) is 38.5 Å². The summed E-state index contributed by atoms with van der Waals surface area (Å²) in [6.45, 7) is 5.55. The number of aliphatic hydroxyl groups is 1. The Morgan fingerprint density at radius 1 is 1.21 bits per heavy atom. The van der Waals surface area contributed by atoms with Gasteiger partial charge in [-0.05, 0) is 43.6 Å². The van der Waals surface area contributed by atoms with Gasteiger partial charge in [0.25, 0.3) is 0 Å². The lowest BCUT2D eigenvalue weighted by atomic mass is 10.1. The van der Waals surface area contributed by atoms with Gasteiger partial charge in [-0.2, -0.15) is 0 Å². The third-order valence-electron chi connectivity index (χ3n) is 5.01. The molecule has 0 saturated carbocycles. The van der Waals surface area contributed by atoms with Gasteiger partial charge in [-0.1, -0.05) is 12.5 Å². The molecule has 0 unspecified atom stereocenters. The summed E-state index contributed by atoms with van der Waals surface area (Å²) in [4.78, 5) is 6.36. The van der Waals surface area contributed by atoms with Crippen molar-refractivity contribution in [2.75, 3.05) is 39.9 Å². The highest BCUT2D eigenvalue weighted by Crippen LogP contribution is 2.28. The Bertz CT molecular complexity index is 687. The summed E-state index contributed by atoms with van der Waals surface area (Å²) in [6.07, 6.45) is 8.79. The lowest BCUT2D eigenvalue weighted by molar-refractivity contribution is 0.0608. The van der Waals surface area contributed by atoms with Gasteiger partial charge < -0.3 is 29.4 Å². The molecule has 7 heteroatoms. The lowest BCUT2D eigenvalue weighted by Crippen LogP contribution is -2.38. The second kappa shape index (κ2) is 11.0. The number of aliphatic hydroxyl groups excluding tert-OH is 1. The first-order valence-corrected chi connectivity index (χ1v) is 10.1. The molecule has 1 aromatic carbocycles. The molecule has 1 fully saturated rings. The van der Waals surface area contributed by atoms with E-state index in [1.165, 1.54) is 19.3 Å². The molecule has 2 N–H and O–H groups in total. The fourth-order valence-electron chi connectivity index (χ4n) is 3.48. The van der Waals surface area contributed by atoms with Crippen molar-refractivity contribution < 1.29 is 14.6 Å². The minimum absolute atomic E-state index is 0.268. The number of hydrogen-bond acceptors (Lipinski definition) is 6. The highest BCUT2D eigenvalue weighted by Gasteiger charge is 2.16. The first kappa shape index (κ1) is 20.6. The fourth-order valence-corrected chi connectivity index (χ4v) is 3.48. The highest BCUT2D eigenvalue weighted by atomic mass is 16.5. The monoisotopic (exact) mass is 388 g/mol. The zero-order valence-corrected chi connectivity index (χ0v) is 16.7. The average Bonchev–Trinajstić information content (AvgIpc) is 3.24. The molecule has 0 spiro atoms. The van der Waals surface area contributed by atoms with Crippen molar-refractivity contribution in [1.82, 2.24) is 19.8 Å². The van der Waals surface area contributed by atoms with Crippen LogP contribution in [0.1, 0.15) is 24.8 Å². The summed E-state index contributed by atoms with van der Waals surface area (Å²) in [7, 11) is 1.63. The number of benzene rings is 1. The minimum Gasteiger partial charge on any atom is -0.493 e. The number of imidazole rings is 1. The van der Waals surface area contributed by atoms with Crippen molar-refractivity contribution >= 4 is 0 Å². The number of piperidine rings is 1. The molecule has 7 nitrogen and oxygen atoms in total. The molecule has 0 aliphatic carbocycles. The Balaban J connectivity index is 1.46. The fraction of sp³-hybridized carbons (Fsp3) is 0.571. The van der Waals surface area contributed by atoms with Gasteiger partial charge in [0, 0.05) is 38.6 Å². The molecule has 1 saturated heterocycles. The third kappa shape index (κ3) is 6.51. The Hall–Kier alpha value is -2.09. The molecule has 2 aromatic rings. The van der Waals surface area contributed by atoms with E-state index >= 15 is 0 Å². The minimum atomic E-state index is -0.500. The predicted molar refractivity (Wildman–Crippen MR) is 109 cm³/mol. The largest absolute Gasteiger partial charge is 0.493 e. The van der Waals surface area contributed by atoms with Crippen molar-refractivity contribution in [3.63, 3.8) is 0 Å². The zero-order valence-electron chi connectivity index (χ0n) is 16.7. The summed E-state index contributed by atoms with van der Waals surface area (Å²) in [5, 5.41) is 13.8. The number of rotatable bonds is 11. The van der Waals surface area contributed by atoms with Crippen LogP contribution in [0.4, 0.5) is 0 Å². The summed E-state index contributed by atoms with van der Waals surface area (Å²) >= 11 is 0. The number of hydrogen-bond donors (Lipinski definition) is 2. The van der Waals surface area contributed by atoms with Crippen LogP contribution in [0.25, 0.3) is 0 Å². The number of ether oxygens (including phenoxy) is 2. The SMILES string of the molecule is COc1ccc(CNCCn2ccnc2)cc1OC[C@H](O)CN1CCCCC1. The Kier molecular flexibility index (Phi) is 8.14. The van der Waals surface area contributed by atoms with Crippen LogP contribution >= 0.6 is 0 Å². The maximum absolute atomic E-state index is 10.3. The van der Waals surface area contributed by atoms with Crippen LogP contribution in [0.5, 0.6) is 11.5 Å². The van der Waals surface area contributed by atoms with Gasteiger partial charge in [0.1, 0.15) is 12.7 Å². The van der Waals surface area contributed by atoms with Gasteiger partial charge in [0.2, 0.25) is 0 Å². The van der Waals surface area contributed by atoms with Crippen LogP contribution in [0.2, 0.25) is 0 Å². The summed E-state index contributed by atoms with van der Waals surface area (Å²) in [6, 6.07) is 5.93. The van der Waals surface area contributed by atoms with Gasteiger partial charge in [0.15, 0.2) is 11.5 Å². The molecule has 154 valence electrons. The van der Waals surface area contributed by atoms with Gasteiger partial charge >= 0.3 is 0 Å². The third-order valence-corrected chi connectivity index (χ3v) is 5.01. The second-order valence-corrected chi connectivity index (χ2v) is 7.29. The van der Waals surface area contributed by atoms with Crippen molar-refractivity contribution in [1.29, 1.82) is 0 Å². The summed E-state index contributed by atoms with van der Waals surface area (Å²) in [5.41, 5.74) is 1.12. The summed E-state index contributed by atoms with van der Waals surface area (Å²) in [5.74, 6) is 1.36. The number of β-amino-alcohol motifs (C(OH)–C–C–N with tert-alkyl or cyclic N) is 1. The van der Waals surface area contributed by atoms with Crippen LogP contribution in [0.3, 0.4) is 0 Å². The average molecular weight is 389 g/mol. The van der Waals surface area contributed by atoms with Crippen LogP contribution < -0.4 is 14.8 Å². The molecular weight excluding hydrogens is 356 g/mol. The van der Waals surface area contributed by atoms with E-state index in [9.17, 15) is 5.11 Å². The number of nitrogens with one attached hydrogen (secondary N) is 1. The molecule has 2 heterocycles. The molecule has 28 heavy (non-hydrogen) atoms. The number of methoxy groups -OCH3 is 1. The highest BCUT2D eigenvalue weighted by molar-refractivity contribution is 5.43. The van der Waals surface area contributed by atoms with Crippen molar-refractivity contribution in [3.8, 4) is 11.5 Å². The van der Waals surface area contributed by atoms with E-state index in [0.29, 0.717) is 18.0 Å². The Morgan fingerprint density at radius 2 is 2.07 bits per heavy atom. The van der Waals surface area contributed by atoms with E-state index < -0.39 is 6.10 Å². The molecule has 1 aliphatic rings. The van der Waals surface area contributed by atoms with E-state index in [1.54, 1.807) is 13.3 Å². The van der Waals surface area contributed by atoms with Gasteiger partial charge in [-0.15, -0.1) is 0 Å². The van der Waals surface area contributed by atoms with Crippen LogP contribution in [-0.2, 0) is 13.1 Å². The van der Waals surface area contributed by atoms with Gasteiger partial charge in [0.05, 0.1) is 13.4 Å². The van der Waals surface area contributed by atoms with E-state index in [-0.39, 0.29) is 6.61 Å². The zero-order chi connectivity index (χ0) is 19.6. The van der Waals surface area contributed by atoms with E-state index in [4.69, 9.17) is 9.47 Å². The number of nitrogens with zero attached hydrogens (tertiary/aromatic N) is 3. The number of aromatic nitrogens is 2. The van der Waals surface area contributed by atoms with E-state index in [1.807, 2.05) is 35.3 Å². The molecule has 1 aromatic heterocycles. The van der Waals surface area contributed by atoms with Gasteiger partial charge in [-0.3, -0.25) is 0 Å². The molecule has 0 bridgehead atoms. The molecule has 3 rings (SSSR count). The van der Waals surface area contributed by atoms with E-state index in [2.05, 4.69) is 15.2 Å². The number of likely N-dealkylation sites (tertiary alicyclic amines) is 1. The topological polar surface area (TPSA) is 71.8 Å². The van der Waals surface area contributed by atoms with Crippen LogP contribution in [0.15, 0.2) is 36.9 Å². The van der Waals surface area contributed by atoms with Crippen LogP contribution in [-0.4, -0.2) is 65.6 Å². The van der Waals surface area contributed by atoms with Gasteiger partial charge in [-0.25, -0.2) is 4.98 Å². The first-order valence-electron chi connectivity index (χ1n) is 10.1. The van der Waals surface area contributed by atoms with E-state index in [0.717, 1.165) is 38.3 Å². The molecule has 1 aliphatic heterocycles. The lowest BCUT2D eigenvalue weighted by Gasteiger charge is -2.28. The van der Waals surface area contributed by atoms with Crippen molar-refractivity contribution in [3.05, 3.63) is 42.5 Å². The Morgan fingerprint density at radius 3 is 2.82 bits per heavy atom. The standard InChI is InChI=1S/C21H32N4O3/c1-27-20-6-5-18(14-22-7-11-25-12-8-23-17-25)13-21(20)28-16-19(26)15-24-9-3-2-4-10-24/h5-6,8,12-13,17,19,22,26H,2-4,7,9-11,14-16H2,1H3/t19-/m1/s1. The summed E-state index contributed by atoms with van der Waals surface area (Å²) < 4.78 is 13.3. The predicted octanol–water partition coefficient (Wildman–Crippen LogP) is 1.91. The van der Waals surface area contributed by atoms with Crippen molar-refractivity contribution in [2.24, 2.45) is 0 Å². The molecular formula is C21H32N4O3. The Labute approximate surface area is 167 Å². The second-order valence-electron chi connectivity index (χ2n) is 7.29. The maximum Gasteiger partial charge on any atom is 0.161 e. The maximum atomic E-state index is 10.3. The normalized spacial score (nSPS) is 16.1. The molecule has 1 atom stereocenters. The molecule has 0 radical (unpaired) electrons. The quantitative estimate of drug-likeness (QED) is 0.573. The first-order chi connectivity index (χ1) is 13.7. The molecule has 0 amide bonds. The smallest absolute Gasteiger partial charge is 0.161 e. The van der Waals surface area contributed by atoms with Crippen LogP contribution in [0, 0.1) is 0 Å².